The zero-order valence-electron chi connectivity index (χ0n) is 17.6. The van der Waals surface area contributed by atoms with Gasteiger partial charge in [-0.05, 0) is 51.5 Å². The number of pyridine rings is 1. The zero-order valence-corrected chi connectivity index (χ0v) is 17.6. The van der Waals surface area contributed by atoms with Crippen LogP contribution in [0.15, 0.2) is 41.5 Å². The molecule has 1 aliphatic rings. The Bertz CT molecular complexity index is 1310. The summed E-state index contributed by atoms with van der Waals surface area (Å²) >= 11 is 0. The summed E-state index contributed by atoms with van der Waals surface area (Å²) in [6.07, 6.45) is 3.77. The van der Waals surface area contributed by atoms with Gasteiger partial charge in [-0.15, -0.1) is 0 Å². The van der Waals surface area contributed by atoms with Crippen LogP contribution in [0.3, 0.4) is 0 Å². The highest BCUT2D eigenvalue weighted by Gasteiger charge is 2.21. The molecule has 4 aromatic rings. The van der Waals surface area contributed by atoms with Crippen molar-refractivity contribution in [2.45, 2.75) is 39.8 Å². The van der Waals surface area contributed by atoms with Gasteiger partial charge in [0.05, 0.1) is 23.3 Å². The molecule has 0 amide bonds. The zero-order chi connectivity index (χ0) is 21.0. The van der Waals surface area contributed by atoms with E-state index in [1.807, 2.05) is 44.4 Å². The van der Waals surface area contributed by atoms with E-state index < -0.39 is 0 Å². The molecule has 0 bridgehead atoms. The number of imidazole rings is 1. The highest BCUT2D eigenvalue weighted by molar-refractivity contribution is 5.62. The van der Waals surface area contributed by atoms with Crippen molar-refractivity contribution in [3.05, 3.63) is 58.3 Å². The molecule has 1 aliphatic heterocycles. The first-order valence-corrected chi connectivity index (χ1v) is 10.3. The van der Waals surface area contributed by atoms with Crippen LogP contribution in [0.5, 0.6) is 0 Å². The molecule has 1 saturated heterocycles. The maximum Gasteiger partial charge on any atom is 0.258 e. The summed E-state index contributed by atoms with van der Waals surface area (Å²) in [5, 5.41) is 8.15. The molecule has 2 atom stereocenters. The summed E-state index contributed by atoms with van der Waals surface area (Å²) in [5.41, 5.74) is 5.46. The minimum Gasteiger partial charge on any atom is -0.367 e. The summed E-state index contributed by atoms with van der Waals surface area (Å²) in [6.45, 7) is 10.1. The topological polar surface area (TPSA) is 79.8 Å². The van der Waals surface area contributed by atoms with Gasteiger partial charge in [0.2, 0.25) is 0 Å². The maximum absolute atomic E-state index is 12.9. The lowest BCUT2D eigenvalue weighted by Gasteiger charge is -2.37. The normalized spacial score (nSPS) is 19.7. The van der Waals surface area contributed by atoms with Gasteiger partial charge in [-0.25, -0.2) is 14.5 Å². The van der Waals surface area contributed by atoms with E-state index >= 15 is 0 Å². The molecule has 0 spiro atoms. The van der Waals surface area contributed by atoms with E-state index in [0.29, 0.717) is 29.1 Å². The quantitative estimate of drug-likeness (QED) is 0.553. The van der Waals surface area contributed by atoms with Crippen molar-refractivity contribution >= 4 is 17.0 Å². The molecule has 154 valence electrons. The molecule has 0 aromatic carbocycles. The van der Waals surface area contributed by atoms with Crippen molar-refractivity contribution in [2.75, 3.05) is 18.0 Å². The van der Waals surface area contributed by atoms with Crippen LogP contribution in [0.2, 0.25) is 0 Å². The van der Waals surface area contributed by atoms with Crippen LogP contribution in [0.4, 0.5) is 5.69 Å². The summed E-state index contributed by atoms with van der Waals surface area (Å²) < 4.78 is 3.36. The first-order chi connectivity index (χ1) is 14.4. The van der Waals surface area contributed by atoms with E-state index in [-0.39, 0.29) is 5.56 Å². The average Bonchev–Trinajstić information content (AvgIpc) is 3.08. The Hall–Kier alpha value is -3.26. The maximum atomic E-state index is 12.9. The fourth-order valence-electron chi connectivity index (χ4n) is 4.32. The summed E-state index contributed by atoms with van der Waals surface area (Å²) in [5.74, 6) is 0. The molecule has 30 heavy (non-hydrogen) atoms. The van der Waals surface area contributed by atoms with Gasteiger partial charge in [-0.3, -0.25) is 9.20 Å². The summed E-state index contributed by atoms with van der Waals surface area (Å²) in [7, 11) is 0. The van der Waals surface area contributed by atoms with Gasteiger partial charge in [0.15, 0.2) is 5.65 Å². The molecule has 0 unspecified atom stereocenters. The standard InChI is InChI=1S/C22H25N7O/c1-13-7-19(26-29-11-16(4)24-22(13)29)18-8-21(30)28-12-17(5-6-20(28)25-18)27-9-14(2)23-15(3)10-27/h5-8,11-12,14-15,23H,9-10H2,1-4H3/t14-,15+. The molecular formula is C22H25N7O. The lowest BCUT2D eigenvalue weighted by atomic mass is 10.1. The second kappa shape index (κ2) is 6.91. The molecule has 5 heterocycles. The number of rotatable bonds is 2. The molecule has 8 nitrogen and oxygen atoms in total. The number of hydrogen-bond donors (Lipinski definition) is 1. The van der Waals surface area contributed by atoms with E-state index in [1.165, 1.54) is 0 Å². The van der Waals surface area contributed by atoms with Gasteiger partial charge in [0.25, 0.3) is 5.56 Å². The molecule has 1 N–H and O–H groups in total. The van der Waals surface area contributed by atoms with Crippen molar-refractivity contribution in [3.63, 3.8) is 0 Å². The third kappa shape index (κ3) is 3.23. The Morgan fingerprint density at radius 2 is 1.77 bits per heavy atom. The van der Waals surface area contributed by atoms with E-state index in [1.54, 1.807) is 15.0 Å². The van der Waals surface area contributed by atoms with Gasteiger partial charge in [-0.1, -0.05) is 0 Å². The Balaban J connectivity index is 1.57. The van der Waals surface area contributed by atoms with Crippen LogP contribution in [0, 0.1) is 13.8 Å². The molecular weight excluding hydrogens is 378 g/mol. The van der Waals surface area contributed by atoms with Crippen molar-refractivity contribution in [1.29, 1.82) is 0 Å². The Morgan fingerprint density at radius 1 is 1.00 bits per heavy atom. The van der Waals surface area contributed by atoms with Gasteiger partial charge in [0, 0.05) is 37.4 Å². The highest BCUT2D eigenvalue weighted by atomic mass is 16.1. The van der Waals surface area contributed by atoms with Crippen LogP contribution >= 0.6 is 0 Å². The SMILES string of the molecule is Cc1cn2nc(-c3cc(=O)n4cc(N5C[C@@H](C)N[C@@H](C)C5)ccc4n3)cc(C)c2n1. The van der Waals surface area contributed by atoms with E-state index in [4.69, 9.17) is 4.98 Å². The smallest absolute Gasteiger partial charge is 0.258 e. The van der Waals surface area contributed by atoms with Crippen LogP contribution in [0.1, 0.15) is 25.1 Å². The van der Waals surface area contributed by atoms with Crippen molar-refractivity contribution in [3.8, 4) is 11.4 Å². The van der Waals surface area contributed by atoms with Crippen LogP contribution in [-0.2, 0) is 0 Å². The lowest BCUT2D eigenvalue weighted by molar-refractivity contribution is 0.407. The number of nitrogens with one attached hydrogen (secondary N) is 1. The Labute approximate surface area is 174 Å². The Morgan fingerprint density at radius 3 is 2.53 bits per heavy atom. The second-order valence-electron chi connectivity index (χ2n) is 8.33. The predicted molar refractivity (Wildman–Crippen MR) is 117 cm³/mol. The molecule has 0 saturated carbocycles. The minimum atomic E-state index is -0.116. The number of piperazine rings is 1. The van der Waals surface area contributed by atoms with E-state index in [0.717, 1.165) is 35.7 Å². The highest BCUT2D eigenvalue weighted by Crippen LogP contribution is 2.21. The number of aromatic nitrogens is 5. The average molecular weight is 403 g/mol. The van der Waals surface area contributed by atoms with Gasteiger partial charge >= 0.3 is 0 Å². The third-order valence-electron chi connectivity index (χ3n) is 5.56. The number of nitrogens with zero attached hydrogens (tertiary/aromatic N) is 6. The van der Waals surface area contributed by atoms with Crippen LogP contribution in [-0.4, -0.2) is 49.2 Å². The van der Waals surface area contributed by atoms with Crippen molar-refractivity contribution < 1.29 is 0 Å². The fourth-order valence-corrected chi connectivity index (χ4v) is 4.32. The first kappa shape index (κ1) is 18.7. The number of aryl methyl sites for hydroxylation is 2. The largest absolute Gasteiger partial charge is 0.367 e. The van der Waals surface area contributed by atoms with Crippen molar-refractivity contribution in [2.24, 2.45) is 0 Å². The van der Waals surface area contributed by atoms with E-state index in [2.05, 4.69) is 34.1 Å². The number of anilines is 1. The summed E-state index contributed by atoms with van der Waals surface area (Å²) in [6, 6.07) is 8.23. The van der Waals surface area contributed by atoms with Gasteiger partial charge in [0.1, 0.15) is 11.3 Å². The molecule has 0 radical (unpaired) electrons. The molecule has 5 rings (SSSR count). The fraction of sp³-hybridized carbons (Fsp3) is 0.364. The summed E-state index contributed by atoms with van der Waals surface area (Å²) in [4.78, 5) is 24.4. The molecule has 4 aromatic heterocycles. The monoisotopic (exact) mass is 403 g/mol. The van der Waals surface area contributed by atoms with Gasteiger partial charge in [-0.2, -0.15) is 5.10 Å². The molecule has 0 aliphatic carbocycles. The lowest BCUT2D eigenvalue weighted by Crippen LogP contribution is -2.54. The number of fused-ring (bicyclic) bond motifs is 2. The first-order valence-electron chi connectivity index (χ1n) is 10.3. The molecule has 8 heteroatoms. The van der Waals surface area contributed by atoms with E-state index in [9.17, 15) is 4.79 Å². The van der Waals surface area contributed by atoms with Crippen molar-refractivity contribution in [1.82, 2.24) is 29.3 Å². The predicted octanol–water partition coefficient (Wildman–Crippen LogP) is 2.21. The van der Waals surface area contributed by atoms with Crippen LogP contribution < -0.4 is 15.8 Å². The second-order valence-corrected chi connectivity index (χ2v) is 8.33. The van der Waals surface area contributed by atoms with Crippen LogP contribution in [0.25, 0.3) is 22.7 Å². The third-order valence-corrected chi connectivity index (χ3v) is 5.56. The number of hydrogen-bond acceptors (Lipinski definition) is 6. The molecule has 1 fully saturated rings. The minimum absolute atomic E-state index is 0.116. The Kier molecular flexibility index (Phi) is 4.32. The van der Waals surface area contributed by atoms with Gasteiger partial charge < -0.3 is 10.2 Å².